The largest absolute Gasteiger partial charge is 0.497 e. The van der Waals surface area contributed by atoms with Crippen molar-refractivity contribution in [2.24, 2.45) is 0 Å². The van der Waals surface area contributed by atoms with Gasteiger partial charge in [-0.25, -0.2) is 0 Å². The molecule has 2 aliphatic heterocycles. The number of hydrogen-bond acceptors (Lipinski definition) is 5. The smallest absolute Gasteiger partial charge is 0.257 e. The maximum Gasteiger partial charge on any atom is 0.257 e. The van der Waals surface area contributed by atoms with E-state index in [1.165, 1.54) is 0 Å². The Morgan fingerprint density at radius 3 is 2.81 bits per heavy atom. The standard InChI is InChI=1S/C21H25N3O3/c1-23-14-19(17-4-3-9-22-12-17)21(15-23)20(25)24(10-11-27-21)13-16-5-7-18(26-2)8-6-16/h3-9,12,19H,10-11,13-15H2,1-2H3. The second-order valence-electron chi connectivity index (χ2n) is 7.35. The average Bonchev–Trinajstić information content (AvgIpc) is 3.04. The van der Waals surface area contributed by atoms with Crippen LogP contribution in [0.2, 0.25) is 0 Å². The van der Waals surface area contributed by atoms with Crippen molar-refractivity contribution < 1.29 is 14.3 Å². The number of methoxy groups -OCH3 is 1. The second kappa shape index (κ2) is 7.29. The molecule has 0 radical (unpaired) electrons. The molecule has 2 unspecified atom stereocenters. The molecule has 0 N–H and O–H groups in total. The van der Waals surface area contributed by atoms with Gasteiger partial charge in [0.2, 0.25) is 0 Å². The van der Waals surface area contributed by atoms with E-state index >= 15 is 0 Å². The van der Waals surface area contributed by atoms with Crippen molar-refractivity contribution >= 4 is 5.91 Å². The summed E-state index contributed by atoms with van der Waals surface area (Å²) >= 11 is 0. The third-order valence-electron chi connectivity index (χ3n) is 5.55. The second-order valence-corrected chi connectivity index (χ2v) is 7.35. The zero-order valence-electron chi connectivity index (χ0n) is 15.8. The van der Waals surface area contributed by atoms with Crippen molar-refractivity contribution in [2.75, 3.05) is 40.4 Å². The van der Waals surface area contributed by atoms with Crippen LogP contribution in [0.5, 0.6) is 5.75 Å². The number of amides is 1. The topological polar surface area (TPSA) is 54.9 Å². The number of hydrogen-bond donors (Lipinski definition) is 0. The fourth-order valence-corrected chi connectivity index (χ4v) is 4.23. The van der Waals surface area contributed by atoms with Crippen molar-refractivity contribution in [2.45, 2.75) is 18.1 Å². The maximum atomic E-state index is 13.5. The number of benzene rings is 1. The van der Waals surface area contributed by atoms with E-state index in [1.807, 2.05) is 54.5 Å². The molecule has 0 saturated carbocycles. The Bertz CT molecular complexity index is 796. The van der Waals surface area contributed by atoms with E-state index in [1.54, 1.807) is 13.3 Å². The summed E-state index contributed by atoms with van der Waals surface area (Å²) in [4.78, 5) is 21.9. The molecule has 0 aliphatic carbocycles. The van der Waals surface area contributed by atoms with Gasteiger partial charge in [-0.05, 0) is 36.4 Å². The van der Waals surface area contributed by atoms with Gasteiger partial charge in [0.05, 0.1) is 13.7 Å². The van der Waals surface area contributed by atoms with Crippen LogP contribution in [-0.4, -0.2) is 66.7 Å². The number of likely N-dealkylation sites (N-methyl/N-ethyl adjacent to an activating group) is 1. The minimum absolute atomic E-state index is 0.0117. The van der Waals surface area contributed by atoms with Crippen LogP contribution in [0.15, 0.2) is 48.8 Å². The first-order chi connectivity index (χ1) is 13.1. The number of pyridine rings is 1. The molecule has 0 bridgehead atoms. The van der Waals surface area contributed by atoms with Gasteiger partial charge in [0.25, 0.3) is 5.91 Å². The number of rotatable bonds is 4. The fraction of sp³-hybridized carbons (Fsp3) is 0.429. The summed E-state index contributed by atoms with van der Waals surface area (Å²) in [7, 11) is 3.69. The minimum atomic E-state index is -0.831. The number of carbonyl (C=O) groups excluding carboxylic acids is 1. The summed E-state index contributed by atoms with van der Waals surface area (Å²) in [6.45, 7) is 3.12. The quantitative estimate of drug-likeness (QED) is 0.826. The summed E-state index contributed by atoms with van der Waals surface area (Å²) in [6, 6.07) is 11.8. The molecule has 6 nitrogen and oxygen atoms in total. The lowest BCUT2D eigenvalue weighted by Gasteiger charge is -2.42. The van der Waals surface area contributed by atoms with E-state index in [-0.39, 0.29) is 11.8 Å². The molecule has 2 atom stereocenters. The average molecular weight is 367 g/mol. The SMILES string of the molecule is COc1ccc(CN2CCOC3(CN(C)CC3c3cccnc3)C2=O)cc1. The van der Waals surface area contributed by atoms with E-state index in [9.17, 15) is 4.79 Å². The molecule has 4 rings (SSSR count). The Kier molecular flexibility index (Phi) is 4.85. The highest BCUT2D eigenvalue weighted by atomic mass is 16.5. The van der Waals surface area contributed by atoms with Crippen molar-refractivity contribution in [3.63, 3.8) is 0 Å². The van der Waals surface area contributed by atoms with Crippen LogP contribution in [-0.2, 0) is 16.1 Å². The maximum absolute atomic E-state index is 13.5. The third kappa shape index (κ3) is 3.31. The Hall–Kier alpha value is -2.44. The van der Waals surface area contributed by atoms with Crippen molar-refractivity contribution in [3.8, 4) is 5.75 Å². The van der Waals surface area contributed by atoms with Crippen LogP contribution in [0.4, 0.5) is 0 Å². The van der Waals surface area contributed by atoms with E-state index in [2.05, 4.69) is 9.88 Å². The molecular formula is C21H25N3O3. The molecule has 6 heteroatoms. The first-order valence-electron chi connectivity index (χ1n) is 9.27. The zero-order chi connectivity index (χ0) is 18.9. The molecule has 1 amide bonds. The lowest BCUT2D eigenvalue weighted by molar-refractivity contribution is -0.172. The lowest BCUT2D eigenvalue weighted by Crippen LogP contribution is -2.59. The van der Waals surface area contributed by atoms with Crippen molar-refractivity contribution in [3.05, 3.63) is 59.9 Å². The van der Waals surface area contributed by atoms with E-state index in [0.717, 1.165) is 23.4 Å². The van der Waals surface area contributed by atoms with Crippen LogP contribution >= 0.6 is 0 Å². The first kappa shape index (κ1) is 17.9. The minimum Gasteiger partial charge on any atom is -0.497 e. The highest BCUT2D eigenvalue weighted by Crippen LogP contribution is 2.41. The predicted molar refractivity (Wildman–Crippen MR) is 102 cm³/mol. The molecule has 3 heterocycles. The fourth-order valence-electron chi connectivity index (χ4n) is 4.23. The molecule has 2 aromatic rings. The Morgan fingerprint density at radius 1 is 1.30 bits per heavy atom. The van der Waals surface area contributed by atoms with Crippen molar-refractivity contribution in [1.82, 2.24) is 14.8 Å². The van der Waals surface area contributed by atoms with Gasteiger partial charge < -0.3 is 19.3 Å². The Labute approximate surface area is 159 Å². The van der Waals surface area contributed by atoms with Crippen LogP contribution in [0.25, 0.3) is 0 Å². The molecule has 2 fully saturated rings. The number of morpholine rings is 1. The van der Waals surface area contributed by atoms with Gasteiger partial charge in [-0.3, -0.25) is 9.78 Å². The van der Waals surface area contributed by atoms with Crippen LogP contribution in [0.3, 0.4) is 0 Å². The molecule has 1 aromatic carbocycles. The first-order valence-corrected chi connectivity index (χ1v) is 9.27. The Morgan fingerprint density at radius 2 is 2.11 bits per heavy atom. The highest BCUT2D eigenvalue weighted by molar-refractivity contribution is 5.88. The summed E-state index contributed by atoms with van der Waals surface area (Å²) in [5.74, 6) is 0.878. The number of carbonyl (C=O) groups is 1. The molecule has 1 aromatic heterocycles. The van der Waals surface area contributed by atoms with Crippen LogP contribution in [0.1, 0.15) is 17.0 Å². The number of nitrogens with zero attached hydrogens (tertiary/aromatic N) is 3. The zero-order valence-corrected chi connectivity index (χ0v) is 15.8. The Balaban J connectivity index is 1.59. The van der Waals surface area contributed by atoms with Gasteiger partial charge in [0.1, 0.15) is 5.75 Å². The molecule has 2 aliphatic rings. The van der Waals surface area contributed by atoms with Gasteiger partial charge in [0, 0.05) is 44.5 Å². The summed E-state index contributed by atoms with van der Waals surface area (Å²) in [5, 5.41) is 0. The summed E-state index contributed by atoms with van der Waals surface area (Å²) in [6.07, 6.45) is 3.61. The molecule has 27 heavy (non-hydrogen) atoms. The van der Waals surface area contributed by atoms with Crippen LogP contribution in [0, 0.1) is 0 Å². The van der Waals surface area contributed by atoms with Gasteiger partial charge in [-0.1, -0.05) is 18.2 Å². The van der Waals surface area contributed by atoms with Gasteiger partial charge in [-0.15, -0.1) is 0 Å². The lowest BCUT2D eigenvalue weighted by atomic mass is 9.83. The normalized spacial score (nSPS) is 25.9. The molecule has 2 saturated heterocycles. The number of ether oxygens (including phenoxy) is 2. The van der Waals surface area contributed by atoms with Gasteiger partial charge >= 0.3 is 0 Å². The molecule has 1 spiro atoms. The van der Waals surface area contributed by atoms with Gasteiger partial charge in [0.15, 0.2) is 5.60 Å². The molecular weight excluding hydrogens is 342 g/mol. The third-order valence-corrected chi connectivity index (χ3v) is 5.55. The predicted octanol–water partition coefficient (Wildman–Crippen LogP) is 1.92. The summed E-state index contributed by atoms with van der Waals surface area (Å²) in [5.41, 5.74) is 1.31. The van der Waals surface area contributed by atoms with Crippen LogP contribution < -0.4 is 4.74 Å². The van der Waals surface area contributed by atoms with E-state index in [4.69, 9.17) is 9.47 Å². The van der Waals surface area contributed by atoms with Crippen molar-refractivity contribution in [1.29, 1.82) is 0 Å². The van der Waals surface area contributed by atoms with E-state index in [0.29, 0.717) is 26.2 Å². The summed E-state index contributed by atoms with van der Waals surface area (Å²) < 4.78 is 11.4. The highest BCUT2D eigenvalue weighted by Gasteiger charge is 2.56. The number of likely N-dealkylation sites (tertiary alicyclic amines) is 1. The monoisotopic (exact) mass is 367 g/mol. The van der Waals surface area contributed by atoms with E-state index < -0.39 is 5.60 Å². The van der Waals surface area contributed by atoms with Gasteiger partial charge in [-0.2, -0.15) is 0 Å². The number of aromatic nitrogens is 1. The molecule has 142 valence electrons.